The van der Waals surface area contributed by atoms with E-state index in [1.807, 2.05) is 0 Å². The number of rotatable bonds is 1. The molecule has 2 rings (SSSR count). The van der Waals surface area contributed by atoms with Gasteiger partial charge in [-0.2, -0.15) is 0 Å². The van der Waals surface area contributed by atoms with Crippen molar-refractivity contribution in [3.63, 3.8) is 0 Å². The topological polar surface area (TPSA) is 75.3 Å². The third kappa shape index (κ3) is 1.62. The maximum atomic E-state index is 11.6. The SMILES string of the molecule is CNC(=O)C1C(=O)NC(=O)C1=C1CCCC1. The molecule has 2 aliphatic rings. The molecule has 0 aromatic carbocycles. The zero-order chi connectivity index (χ0) is 11.7. The van der Waals surface area contributed by atoms with Gasteiger partial charge in [-0.1, -0.05) is 5.57 Å². The molecule has 86 valence electrons. The number of amides is 3. The second-order valence-corrected chi connectivity index (χ2v) is 4.09. The summed E-state index contributed by atoms with van der Waals surface area (Å²) >= 11 is 0. The lowest BCUT2D eigenvalue weighted by molar-refractivity contribution is -0.131. The Morgan fingerprint density at radius 3 is 2.50 bits per heavy atom. The lowest BCUT2D eigenvalue weighted by Crippen LogP contribution is -2.33. The third-order valence-corrected chi connectivity index (χ3v) is 3.13. The van der Waals surface area contributed by atoms with Gasteiger partial charge in [0.15, 0.2) is 0 Å². The fourth-order valence-corrected chi connectivity index (χ4v) is 2.34. The largest absolute Gasteiger partial charge is 0.358 e. The quantitative estimate of drug-likeness (QED) is 0.369. The third-order valence-electron chi connectivity index (χ3n) is 3.13. The van der Waals surface area contributed by atoms with Crippen LogP contribution in [0.3, 0.4) is 0 Å². The van der Waals surface area contributed by atoms with E-state index in [-0.39, 0.29) is 0 Å². The average molecular weight is 222 g/mol. The predicted octanol–water partition coefficient (Wildman–Crippen LogP) is -0.124. The zero-order valence-corrected chi connectivity index (χ0v) is 9.13. The molecule has 1 unspecified atom stereocenters. The van der Waals surface area contributed by atoms with E-state index in [2.05, 4.69) is 10.6 Å². The fourth-order valence-electron chi connectivity index (χ4n) is 2.34. The van der Waals surface area contributed by atoms with Gasteiger partial charge in [0.25, 0.3) is 5.91 Å². The standard InChI is InChI=1S/C11H14N2O3/c1-12-9(14)8-7(6-4-2-3-5-6)10(15)13-11(8)16/h8H,2-5H2,1H3,(H,12,14)(H,13,15,16). The number of allylic oxidation sites excluding steroid dienone is 1. The van der Waals surface area contributed by atoms with Crippen molar-refractivity contribution in [3.8, 4) is 0 Å². The van der Waals surface area contributed by atoms with Gasteiger partial charge in [0.05, 0.1) is 0 Å². The summed E-state index contributed by atoms with van der Waals surface area (Å²) in [5, 5.41) is 4.64. The van der Waals surface area contributed by atoms with Crippen molar-refractivity contribution in [1.29, 1.82) is 0 Å². The molecule has 0 aromatic heterocycles. The number of nitrogens with one attached hydrogen (secondary N) is 2. The van der Waals surface area contributed by atoms with E-state index in [1.165, 1.54) is 7.05 Å². The van der Waals surface area contributed by atoms with E-state index in [4.69, 9.17) is 0 Å². The van der Waals surface area contributed by atoms with Gasteiger partial charge in [-0.3, -0.25) is 19.7 Å². The van der Waals surface area contributed by atoms with Gasteiger partial charge in [0, 0.05) is 12.6 Å². The molecule has 1 atom stereocenters. The van der Waals surface area contributed by atoms with E-state index in [0.29, 0.717) is 5.57 Å². The number of carbonyl (C=O) groups is 3. The molecular formula is C11H14N2O3. The first kappa shape index (κ1) is 10.9. The second kappa shape index (κ2) is 4.08. The minimum atomic E-state index is -0.939. The molecular weight excluding hydrogens is 208 g/mol. The molecule has 5 heteroatoms. The molecule has 1 aliphatic heterocycles. The highest BCUT2D eigenvalue weighted by Gasteiger charge is 2.42. The van der Waals surface area contributed by atoms with Crippen molar-refractivity contribution in [2.45, 2.75) is 25.7 Å². The van der Waals surface area contributed by atoms with Crippen LogP contribution in [0.5, 0.6) is 0 Å². The van der Waals surface area contributed by atoms with Gasteiger partial charge in [-0.05, 0) is 25.7 Å². The van der Waals surface area contributed by atoms with Crippen molar-refractivity contribution in [3.05, 3.63) is 11.1 Å². The average Bonchev–Trinajstić information content (AvgIpc) is 2.84. The summed E-state index contributed by atoms with van der Waals surface area (Å²) in [5.41, 5.74) is 1.36. The predicted molar refractivity (Wildman–Crippen MR) is 56.2 cm³/mol. The lowest BCUT2D eigenvalue weighted by Gasteiger charge is -2.08. The highest BCUT2D eigenvalue weighted by molar-refractivity contribution is 6.23. The van der Waals surface area contributed by atoms with Gasteiger partial charge in [0.2, 0.25) is 11.8 Å². The van der Waals surface area contributed by atoms with Crippen molar-refractivity contribution < 1.29 is 14.4 Å². The molecule has 1 saturated carbocycles. The lowest BCUT2D eigenvalue weighted by atomic mass is 9.94. The van der Waals surface area contributed by atoms with E-state index in [1.54, 1.807) is 0 Å². The normalized spacial score (nSPS) is 24.9. The molecule has 2 fully saturated rings. The smallest absolute Gasteiger partial charge is 0.255 e. The van der Waals surface area contributed by atoms with Gasteiger partial charge < -0.3 is 5.32 Å². The summed E-state index contributed by atoms with van der Waals surface area (Å²) in [6, 6.07) is 0. The molecule has 1 aliphatic carbocycles. The molecule has 1 saturated heterocycles. The molecule has 0 bridgehead atoms. The fraction of sp³-hybridized carbons (Fsp3) is 0.545. The Kier molecular flexibility index (Phi) is 2.77. The Morgan fingerprint density at radius 2 is 1.94 bits per heavy atom. The number of hydrogen-bond donors (Lipinski definition) is 2. The Labute approximate surface area is 93.3 Å². The van der Waals surface area contributed by atoms with Crippen molar-refractivity contribution in [2.24, 2.45) is 5.92 Å². The molecule has 1 heterocycles. The number of imide groups is 1. The molecule has 0 spiro atoms. The van der Waals surface area contributed by atoms with E-state index < -0.39 is 23.6 Å². The molecule has 16 heavy (non-hydrogen) atoms. The number of carbonyl (C=O) groups excluding carboxylic acids is 3. The van der Waals surface area contributed by atoms with E-state index in [0.717, 1.165) is 31.3 Å². The van der Waals surface area contributed by atoms with Crippen molar-refractivity contribution >= 4 is 17.7 Å². The van der Waals surface area contributed by atoms with Crippen LogP contribution in [0.2, 0.25) is 0 Å². The maximum Gasteiger partial charge on any atom is 0.255 e. The van der Waals surface area contributed by atoms with Crippen LogP contribution >= 0.6 is 0 Å². The van der Waals surface area contributed by atoms with Crippen LogP contribution in [0, 0.1) is 5.92 Å². The number of hydrogen-bond acceptors (Lipinski definition) is 3. The van der Waals surface area contributed by atoms with Crippen LogP contribution < -0.4 is 10.6 Å². The maximum absolute atomic E-state index is 11.6. The summed E-state index contributed by atoms with van der Waals surface area (Å²) in [4.78, 5) is 34.7. The van der Waals surface area contributed by atoms with Crippen LogP contribution in [-0.2, 0) is 14.4 Å². The van der Waals surface area contributed by atoms with Gasteiger partial charge in [-0.15, -0.1) is 0 Å². The van der Waals surface area contributed by atoms with Crippen LogP contribution in [0.15, 0.2) is 11.1 Å². The Balaban J connectivity index is 2.40. The van der Waals surface area contributed by atoms with Gasteiger partial charge in [0.1, 0.15) is 5.92 Å². The first-order valence-corrected chi connectivity index (χ1v) is 5.44. The molecule has 5 nitrogen and oxygen atoms in total. The minimum absolute atomic E-state index is 0.391. The molecule has 0 aromatic rings. The monoisotopic (exact) mass is 222 g/mol. The van der Waals surface area contributed by atoms with Gasteiger partial charge >= 0.3 is 0 Å². The van der Waals surface area contributed by atoms with Crippen LogP contribution in [0.4, 0.5) is 0 Å². The first-order chi connectivity index (χ1) is 7.65. The Hall–Kier alpha value is -1.65. The van der Waals surface area contributed by atoms with E-state index >= 15 is 0 Å². The second-order valence-electron chi connectivity index (χ2n) is 4.09. The van der Waals surface area contributed by atoms with Crippen LogP contribution in [0.25, 0.3) is 0 Å². The Morgan fingerprint density at radius 1 is 1.31 bits per heavy atom. The first-order valence-electron chi connectivity index (χ1n) is 5.44. The molecule has 0 radical (unpaired) electrons. The molecule has 2 N–H and O–H groups in total. The van der Waals surface area contributed by atoms with Crippen molar-refractivity contribution in [1.82, 2.24) is 10.6 Å². The summed E-state index contributed by atoms with van der Waals surface area (Å²) in [5.74, 6) is -2.24. The summed E-state index contributed by atoms with van der Waals surface area (Å²) < 4.78 is 0. The highest BCUT2D eigenvalue weighted by atomic mass is 16.2. The highest BCUT2D eigenvalue weighted by Crippen LogP contribution is 2.32. The van der Waals surface area contributed by atoms with Crippen LogP contribution in [-0.4, -0.2) is 24.8 Å². The summed E-state index contributed by atoms with van der Waals surface area (Å²) in [6.07, 6.45) is 3.70. The van der Waals surface area contributed by atoms with Crippen molar-refractivity contribution in [2.75, 3.05) is 7.05 Å². The minimum Gasteiger partial charge on any atom is -0.358 e. The summed E-state index contributed by atoms with van der Waals surface area (Å²) in [6.45, 7) is 0. The zero-order valence-electron chi connectivity index (χ0n) is 9.13. The van der Waals surface area contributed by atoms with E-state index in [9.17, 15) is 14.4 Å². The Bertz CT molecular complexity index is 390. The van der Waals surface area contributed by atoms with Crippen LogP contribution in [0.1, 0.15) is 25.7 Å². The van der Waals surface area contributed by atoms with Gasteiger partial charge in [-0.25, -0.2) is 0 Å². The molecule has 3 amide bonds. The summed E-state index contributed by atoms with van der Waals surface area (Å²) in [7, 11) is 1.47.